The average molecular weight is 416 g/mol. The van der Waals surface area contributed by atoms with Crippen molar-refractivity contribution in [3.63, 3.8) is 0 Å². The maximum Gasteiger partial charge on any atom is 0.339 e. The first-order valence-electron chi connectivity index (χ1n) is 3.93. The molecule has 86 valence electrons. The second kappa shape index (κ2) is 5.79. The number of rotatable bonds is 3. The lowest BCUT2D eigenvalue weighted by atomic mass is 10.2. The number of hydrogen-bond acceptors (Lipinski definition) is 4. The molecule has 0 heterocycles. The van der Waals surface area contributed by atoms with Gasteiger partial charge in [-0.05, 0) is 44.0 Å². The van der Waals surface area contributed by atoms with Crippen molar-refractivity contribution in [2.75, 3.05) is 6.61 Å². The number of carbonyl (C=O) groups is 2. The summed E-state index contributed by atoms with van der Waals surface area (Å²) in [5, 5.41) is 10.1. The van der Waals surface area contributed by atoms with Crippen molar-refractivity contribution in [2.45, 2.75) is 0 Å². The van der Waals surface area contributed by atoms with Crippen LogP contribution in [-0.2, 0) is 9.53 Å². The zero-order chi connectivity index (χ0) is 12.3. The van der Waals surface area contributed by atoms with Crippen LogP contribution < -0.4 is 5.11 Å². The van der Waals surface area contributed by atoms with Gasteiger partial charge in [0.25, 0.3) is 0 Å². The van der Waals surface area contributed by atoms with Crippen molar-refractivity contribution in [3.8, 4) is 0 Å². The summed E-state index contributed by atoms with van der Waals surface area (Å²) < 4.78 is 6.33. The number of ether oxygens (including phenoxy) is 1. The number of aliphatic carboxylic acids is 1. The summed E-state index contributed by atoms with van der Waals surface area (Å²) in [4.78, 5) is 21.6. The van der Waals surface area contributed by atoms with Crippen LogP contribution >= 0.6 is 47.8 Å². The highest BCUT2D eigenvalue weighted by Crippen LogP contribution is 2.31. The summed E-state index contributed by atoms with van der Waals surface area (Å²) in [6.45, 7) is -0.768. The zero-order valence-corrected chi connectivity index (χ0v) is 12.4. The molecule has 0 atom stereocenters. The Bertz CT molecular complexity index is 445. The van der Waals surface area contributed by atoms with Crippen LogP contribution in [0.4, 0.5) is 0 Å². The van der Waals surface area contributed by atoms with Crippen molar-refractivity contribution >= 4 is 59.7 Å². The van der Waals surface area contributed by atoms with Gasteiger partial charge in [-0.15, -0.1) is 0 Å². The predicted octanol–water partition coefficient (Wildman–Crippen LogP) is 1.88. The minimum absolute atomic E-state index is 0.225. The van der Waals surface area contributed by atoms with Crippen LogP contribution in [0.5, 0.6) is 0 Å². The highest BCUT2D eigenvalue weighted by molar-refractivity contribution is 9.13. The van der Waals surface area contributed by atoms with E-state index in [0.29, 0.717) is 13.4 Å². The topological polar surface area (TPSA) is 66.4 Å². The monoisotopic (exact) mass is 413 g/mol. The van der Waals surface area contributed by atoms with Gasteiger partial charge in [-0.1, -0.05) is 15.9 Å². The summed E-state index contributed by atoms with van der Waals surface area (Å²) in [5.41, 5.74) is 0.225. The molecule has 7 heteroatoms. The van der Waals surface area contributed by atoms with Gasteiger partial charge in [-0.25, -0.2) is 4.79 Å². The molecule has 0 radical (unpaired) electrons. The molecule has 0 aliphatic carbocycles. The van der Waals surface area contributed by atoms with Gasteiger partial charge in [-0.3, -0.25) is 0 Å². The van der Waals surface area contributed by atoms with E-state index in [0.717, 1.165) is 0 Å². The molecule has 0 fully saturated rings. The van der Waals surface area contributed by atoms with E-state index < -0.39 is 18.5 Å². The van der Waals surface area contributed by atoms with Crippen LogP contribution in [0.2, 0.25) is 0 Å². The minimum Gasteiger partial charge on any atom is -0.546 e. The summed E-state index contributed by atoms with van der Waals surface area (Å²) in [6, 6.07) is 3.26. The molecule has 0 aliphatic rings. The van der Waals surface area contributed by atoms with Gasteiger partial charge >= 0.3 is 5.97 Å². The number of esters is 1. The van der Waals surface area contributed by atoms with Crippen LogP contribution in [0.15, 0.2) is 25.6 Å². The maximum atomic E-state index is 11.5. The Morgan fingerprint density at radius 2 is 1.88 bits per heavy atom. The highest BCUT2D eigenvalue weighted by Gasteiger charge is 2.14. The van der Waals surface area contributed by atoms with E-state index in [1.165, 1.54) is 6.07 Å². The summed E-state index contributed by atoms with van der Waals surface area (Å²) in [6.07, 6.45) is 0. The number of benzene rings is 1. The first-order chi connectivity index (χ1) is 7.41. The van der Waals surface area contributed by atoms with Gasteiger partial charge in [0.1, 0.15) is 6.61 Å². The Kier molecular flexibility index (Phi) is 4.94. The third-order valence-corrected chi connectivity index (χ3v) is 4.00. The van der Waals surface area contributed by atoms with Crippen LogP contribution in [-0.4, -0.2) is 18.5 Å². The first kappa shape index (κ1) is 13.7. The largest absolute Gasteiger partial charge is 0.546 e. The summed E-state index contributed by atoms with van der Waals surface area (Å²) in [7, 11) is 0. The number of hydrogen-bond donors (Lipinski definition) is 0. The van der Waals surface area contributed by atoms with Gasteiger partial charge < -0.3 is 14.6 Å². The molecule has 16 heavy (non-hydrogen) atoms. The van der Waals surface area contributed by atoms with E-state index in [1.807, 2.05) is 0 Å². The third-order valence-electron chi connectivity index (χ3n) is 1.53. The first-order valence-corrected chi connectivity index (χ1v) is 6.31. The maximum absolute atomic E-state index is 11.5. The predicted molar refractivity (Wildman–Crippen MR) is 64.8 cm³/mol. The Morgan fingerprint density at radius 3 is 2.44 bits per heavy atom. The van der Waals surface area contributed by atoms with E-state index in [4.69, 9.17) is 0 Å². The molecule has 1 aromatic carbocycles. The molecule has 0 saturated heterocycles. The van der Waals surface area contributed by atoms with E-state index in [-0.39, 0.29) is 5.56 Å². The second-order valence-corrected chi connectivity index (χ2v) is 5.26. The average Bonchev–Trinajstić information content (AvgIpc) is 2.19. The quantitative estimate of drug-likeness (QED) is 0.558. The standard InChI is InChI=1S/C9H5Br3O4/c10-4-1-5(8(12)6(11)2-4)9(15)16-3-7(13)14/h1-2H,3H2,(H,13,14)/p-1. The molecule has 0 unspecified atom stereocenters. The molecule has 0 spiro atoms. The van der Waals surface area contributed by atoms with E-state index in [1.54, 1.807) is 6.07 Å². The fourth-order valence-electron chi connectivity index (χ4n) is 0.907. The van der Waals surface area contributed by atoms with Gasteiger partial charge in [0.05, 0.1) is 11.5 Å². The lowest BCUT2D eigenvalue weighted by Crippen LogP contribution is -2.29. The molecule has 4 nitrogen and oxygen atoms in total. The summed E-state index contributed by atoms with van der Waals surface area (Å²) >= 11 is 9.63. The number of carboxylic acid groups (broad SMARTS) is 1. The summed E-state index contributed by atoms with van der Waals surface area (Å²) in [5.74, 6) is -2.18. The molecule has 0 aliphatic heterocycles. The SMILES string of the molecule is O=C([O-])COC(=O)c1cc(Br)cc(Br)c1Br. The molecule has 0 bridgehead atoms. The molecule has 1 rings (SSSR count). The van der Waals surface area contributed by atoms with Crippen LogP contribution in [0.1, 0.15) is 10.4 Å². The third kappa shape index (κ3) is 3.57. The molecule has 1 aromatic rings. The molecule has 0 amide bonds. The van der Waals surface area contributed by atoms with E-state index >= 15 is 0 Å². The van der Waals surface area contributed by atoms with E-state index in [2.05, 4.69) is 52.5 Å². The smallest absolute Gasteiger partial charge is 0.339 e. The van der Waals surface area contributed by atoms with Gasteiger partial charge in [-0.2, -0.15) is 0 Å². The molecular formula is C9H4Br3O4-. The van der Waals surface area contributed by atoms with E-state index in [9.17, 15) is 14.7 Å². The Morgan fingerprint density at radius 1 is 1.25 bits per heavy atom. The van der Waals surface area contributed by atoms with Crippen molar-refractivity contribution < 1.29 is 19.4 Å². The molecular weight excluding hydrogens is 412 g/mol. The van der Waals surface area contributed by atoms with Gasteiger partial charge in [0.2, 0.25) is 0 Å². The zero-order valence-electron chi connectivity index (χ0n) is 7.63. The fourth-order valence-corrected chi connectivity index (χ4v) is 2.52. The van der Waals surface area contributed by atoms with Crippen molar-refractivity contribution in [2.24, 2.45) is 0 Å². The normalized spacial score (nSPS) is 9.94. The van der Waals surface area contributed by atoms with Crippen molar-refractivity contribution in [3.05, 3.63) is 31.1 Å². The lowest BCUT2D eigenvalue weighted by molar-refractivity contribution is -0.308. The number of carboxylic acids is 1. The lowest BCUT2D eigenvalue weighted by Gasteiger charge is -2.08. The van der Waals surface area contributed by atoms with Crippen LogP contribution in [0, 0.1) is 0 Å². The number of halogens is 3. The molecule has 0 saturated carbocycles. The second-order valence-electron chi connectivity index (χ2n) is 2.70. The van der Waals surface area contributed by atoms with Crippen molar-refractivity contribution in [1.82, 2.24) is 0 Å². The fraction of sp³-hybridized carbons (Fsp3) is 0.111. The molecule has 0 aromatic heterocycles. The van der Waals surface area contributed by atoms with Gasteiger partial charge in [0, 0.05) is 13.4 Å². The molecule has 0 N–H and O–H groups in total. The van der Waals surface area contributed by atoms with Crippen LogP contribution in [0.3, 0.4) is 0 Å². The Balaban J connectivity index is 2.95. The minimum atomic E-state index is -1.45. The Labute approximate surface area is 116 Å². The van der Waals surface area contributed by atoms with Crippen LogP contribution in [0.25, 0.3) is 0 Å². The Hall–Kier alpha value is -0.400. The number of carbonyl (C=O) groups excluding carboxylic acids is 2. The highest BCUT2D eigenvalue weighted by atomic mass is 79.9. The van der Waals surface area contributed by atoms with Crippen molar-refractivity contribution in [1.29, 1.82) is 0 Å². The van der Waals surface area contributed by atoms with Gasteiger partial charge in [0.15, 0.2) is 0 Å².